The van der Waals surface area contributed by atoms with Crippen molar-refractivity contribution in [3.8, 4) is 16.3 Å². The number of rotatable bonds is 5. The van der Waals surface area contributed by atoms with Gasteiger partial charge in [0, 0.05) is 22.9 Å². The molecule has 4 nitrogen and oxygen atoms in total. The van der Waals surface area contributed by atoms with E-state index in [1.807, 2.05) is 61.1 Å². The smallest absolute Gasteiger partial charge is 0.273 e. The number of thiophene rings is 1. The molecular formula is C18H18N2O2S2. The first-order valence-corrected chi connectivity index (χ1v) is 9.26. The van der Waals surface area contributed by atoms with E-state index < -0.39 is 0 Å². The molecule has 0 aliphatic heterocycles. The molecule has 1 aromatic carbocycles. The van der Waals surface area contributed by atoms with Gasteiger partial charge in [-0.3, -0.25) is 4.79 Å². The van der Waals surface area contributed by atoms with Crippen LogP contribution in [-0.4, -0.2) is 29.9 Å². The second kappa shape index (κ2) is 7.15. The normalized spacial score (nSPS) is 12.0. The summed E-state index contributed by atoms with van der Waals surface area (Å²) in [5.41, 5.74) is 1.46. The Bertz CT molecular complexity index is 810. The average molecular weight is 358 g/mol. The van der Waals surface area contributed by atoms with Crippen LogP contribution in [0.5, 0.6) is 5.75 Å². The molecule has 0 radical (unpaired) electrons. The van der Waals surface area contributed by atoms with E-state index in [2.05, 4.69) is 4.98 Å². The largest absolute Gasteiger partial charge is 0.497 e. The van der Waals surface area contributed by atoms with Gasteiger partial charge in [-0.25, -0.2) is 4.98 Å². The molecule has 1 unspecified atom stereocenters. The number of carbonyl (C=O) groups is 1. The molecule has 0 saturated carbocycles. The molecular weight excluding hydrogens is 340 g/mol. The molecule has 0 spiro atoms. The van der Waals surface area contributed by atoms with Crippen LogP contribution >= 0.6 is 22.7 Å². The lowest BCUT2D eigenvalue weighted by molar-refractivity contribution is 0.0740. The lowest BCUT2D eigenvalue weighted by Gasteiger charge is -2.23. The summed E-state index contributed by atoms with van der Waals surface area (Å²) in [6.07, 6.45) is 0. The predicted octanol–water partition coefficient (Wildman–Crippen LogP) is 4.71. The van der Waals surface area contributed by atoms with E-state index in [0.717, 1.165) is 21.2 Å². The van der Waals surface area contributed by atoms with Crippen LogP contribution in [-0.2, 0) is 0 Å². The standard InChI is InChI=1S/C18H18N2O2S2/c1-12(16-5-4-10-23-16)20(2)18(21)15-11-24-17(19-15)13-6-8-14(22-3)9-7-13/h4-12H,1-3H3. The highest BCUT2D eigenvalue weighted by atomic mass is 32.1. The Balaban J connectivity index is 1.77. The SMILES string of the molecule is COc1ccc(-c2nc(C(=O)N(C)C(C)c3cccs3)cs2)cc1. The van der Waals surface area contributed by atoms with Gasteiger partial charge in [0.25, 0.3) is 5.91 Å². The molecule has 0 N–H and O–H groups in total. The molecule has 124 valence electrons. The number of ether oxygens (including phenoxy) is 1. The number of aromatic nitrogens is 1. The van der Waals surface area contributed by atoms with Gasteiger partial charge in [-0.05, 0) is 42.6 Å². The predicted molar refractivity (Wildman–Crippen MR) is 98.9 cm³/mol. The molecule has 2 heterocycles. The molecule has 1 amide bonds. The lowest BCUT2D eigenvalue weighted by atomic mass is 10.2. The monoisotopic (exact) mass is 358 g/mol. The van der Waals surface area contributed by atoms with Crippen LogP contribution in [0, 0.1) is 0 Å². The highest BCUT2D eigenvalue weighted by Gasteiger charge is 2.22. The number of methoxy groups -OCH3 is 1. The van der Waals surface area contributed by atoms with Crippen LogP contribution in [0.1, 0.15) is 28.3 Å². The summed E-state index contributed by atoms with van der Waals surface area (Å²) in [5, 5.41) is 4.67. The van der Waals surface area contributed by atoms with E-state index in [-0.39, 0.29) is 11.9 Å². The summed E-state index contributed by atoms with van der Waals surface area (Å²) in [6, 6.07) is 11.8. The summed E-state index contributed by atoms with van der Waals surface area (Å²) in [5.74, 6) is 0.739. The number of hydrogen-bond donors (Lipinski definition) is 0. The van der Waals surface area contributed by atoms with Gasteiger partial charge in [-0.2, -0.15) is 0 Å². The Hall–Kier alpha value is -2.18. The van der Waals surface area contributed by atoms with Crippen LogP contribution in [0.3, 0.4) is 0 Å². The Kier molecular flexibility index (Phi) is 4.97. The quantitative estimate of drug-likeness (QED) is 0.663. The maximum absolute atomic E-state index is 12.7. The molecule has 0 fully saturated rings. The maximum atomic E-state index is 12.7. The van der Waals surface area contributed by atoms with Gasteiger partial charge in [0.1, 0.15) is 16.5 Å². The zero-order valence-corrected chi connectivity index (χ0v) is 15.4. The Morgan fingerprint density at radius 2 is 1.96 bits per heavy atom. The van der Waals surface area contributed by atoms with Crippen molar-refractivity contribution >= 4 is 28.6 Å². The van der Waals surface area contributed by atoms with Crippen molar-refractivity contribution in [2.75, 3.05) is 14.2 Å². The summed E-state index contributed by atoms with van der Waals surface area (Å²) in [7, 11) is 3.46. The van der Waals surface area contributed by atoms with E-state index in [1.165, 1.54) is 11.3 Å². The fraction of sp³-hybridized carbons (Fsp3) is 0.222. The summed E-state index contributed by atoms with van der Waals surface area (Å²) < 4.78 is 5.16. The van der Waals surface area contributed by atoms with Crippen LogP contribution in [0.2, 0.25) is 0 Å². The number of benzene rings is 1. The van der Waals surface area contributed by atoms with Crippen molar-refractivity contribution in [3.05, 3.63) is 57.7 Å². The Morgan fingerprint density at radius 1 is 1.21 bits per heavy atom. The van der Waals surface area contributed by atoms with Crippen LogP contribution < -0.4 is 4.74 Å². The zero-order chi connectivity index (χ0) is 17.1. The molecule has 1 atom stereocenters. The van der Waals surface area contributed by atoms with Crippen molar-refractivity contribution in [1.29, 1.82) is 0 Å². The second-order valence-electron chi connectivity index (χ2n) is 5.37. The van der Waals surface area contributed by atoms with Gasteiger partial charge in [-0.15, -0.1) is 22.7 Å². The van der Waals surface area contributed by atoms with Crippen molar-refractivity contribution in [3.63, 3.8) is 0 Å². The fourth-order valence-electron chi connectivity index (χ4n) is 2.31. The van der Waals surface area contributed by atoms with Gasteiger partial charge in [0.05, 0.1) is 13.2 Å². The Morgan fingerprint density at radius 3 is 2.58 bits per heavy atom. The minimum Gasteiger partial charge on any atom is -0.497 e. The highest BCUT2D eigenvalue weighted by molar-refractivity contribution is 7.13. The van der Waals surface area contributed by atoms with E-state index in [1.54, 1.807) is 23.3 Å². The molecule has 3 rings (SSSR count). The number of amides is 1. The third-order valence-electron chi connectivity index (χ3n) is 3.92. The topological polar surface area (TPSA) is 42.4 Å². The molecule has 0 saturated heterocycles. The minimum atomic E-state index is -0.0630. The number of carbonyl (C=O) groups excluding carboxylic acids is 1. The first-order valence-electron chi connectivity index (χ1n) is 7.50. The maximum Gasteiger partial charge on any atom is 0.273 e. The first-order chi connectivity index (χ1) is 11.6. The number of hydrogen-bond acceptors (Lipinski definition) is 5. The summed E-state index contributed by atoms with van der Waals surface area (Å²) in [4.78, 5) is 20.1. The number of nitrogens with zero attached hydrogens (tertiary/aromatic N) is 2. The van der Waals surface area contributed by atoms with Crippen molar-refractivity contribution in [1.82, 2.24) is 9.88 Å². The Labute approximate surface area is 149 Å². The summed E-state index contributed by atoms with van der Waals surface area (Å²) >= 11 is 3.13. The molecule has 24 heavy (non-hydrogen) atoms. The molecule has 3 aromatic rings. The highest BCUT2D eigenvalue weighted by Crippen LogP contribution is 2.28. The van der Waals surface area contributed by atoms with Crippen molar-refractivity contribution < 1.29 is 9.53 Å². The van der Waals surface area contributed by atoms with E-state index in [9.17, 15) is 4.79 Å². The van der Waals surface area contributed by atoms with Gasteiger partial charge in [0.2, 0.25) is 0 Å². The van der Waals surface area contributed by atoms with E-state index in [4.69, 9.17) is 4.74 Å². The van der Waals surface area contributed by atoms with Gasteiger partial charge in [0.15, 0.2) is 0 Å². The average Bonchev–Trinajstić information content (AvgIpc) is 3.31. The zero-order valence-electron chi connectivity index (χ0n) is 13.7. The molecule has 0 aliphatic carbocycles. The summed E-state index contributed by atoms with van der Waals surface area (Å²) in [6.45, 7) is 2.03. The first kappa shape index (κ1) is 16.7. The third kappa shape index (κ3) is 3.34. The van der Waals surface area contributed by atoms with Crippen LogP contribution in [0.25, 0.3) is 10.6 Å². The van der Waals surface area contributed by atoms with Crippen LogP contribution in [0.15, 0.2) is 47.2 Å². The van der Waals surface area contributed by atoms with Crippen molar-refractivity contribution in [2.45, 2.75) is 13.0 Å². The van der Waals surface area contributed by atoms with Crippen molar-refractivity contribution in [2.24, 2.45) is 0 Å². The fourth-order valence-corrected chi connectivity index (χ4v) is 3.94. The molecule has 2 aromatic heterocycles. The van der Waals surface area contributed by atoms with E-state index in [0.29, 0.717) is 5.69 Å². The van der Waals surface area contributed by atoms with Gasteiger partial charge in [-0.1, -0.05) is 6.07 Å². The molecule has 0 bridgehead atoms. The second-order valence-corrected chi connectivity index (χ2v) is 7.21. The lowest BCUT2D eigenvalue weighted by Crippen LogP contribution is -2.29. The number of thiazole rings is 1. The molecule has 0 aliphatic rings. The molecule has 6 heteroatoms. The van der Waals surface area contributed by atoms with E-state index >= 15 is 0 Å². The third-order valence-corrected chi connectivity index (χ3v) is 5.85. The van der Waals surface area contributed by atoms with Gasteiger partial charge < -0.3 is 9.64 Å². The van der Waals surface area contributed by atoms with Gasteiger partial charge >= 0.3 is 0 Å². The van der Waals surface area contributed by atoms with Crippen LogP contribution in [0.4, 0.5) is 0 Å². The minimum absolute atomic E-state index is 0.0311.